The van der Waals surface area contributed by atoms with Gasteiger partial charge in [0.2, 0.25) is 0 Å². The van der Waals surface area contributed by atoms with Crippen LogP contribution in [-0.4, -0.2) is 0 Å². The molecule has 0 aliphatic heterocycles. The van der Waals surface area contributed by atoms with Gasteiger partial charge in [0.05, 0.1) is 0 Å². The van der Waals surface area contributed by atoms with E-state index in [1.54, 1.807) is 0 Å². The Labute approximate surface area is 145 Å². The molecule has 0 saturated heterocycles. The molecule has 2 rings (SSSR count). The highest BCUT2D eigenvalue weighted by atomic mass is 14.3. The van der Waals surface area contributed by atoms with Crippen molar-refractivity contribution in [1.82, 2.24) is 0 Å². The third-order valence-electron chi connectivity index (χ3n) is 6.18. The SMILES string of the molecule is C=CCC[C@H]1CC[C@H](/C=C/CC[C@H]2CC[C@H](/C=C/C)CC2)CC1. The fourth-order valence-electron chi connectivity index (χ4n) is 4.59. The lowest BCUT2D eigenvalue weighted by molar-refractivity contribution is 0.293. The molecule has 0 aromatic rings. The van der Waals surface area contributed by atoms with Crippen LogP contribution in [0.15, 0.2) is 37.0 Å². The summed E-state index contributed by atoms with van der Waals surface area (Å²) in [7, 11) is 0. The van der Waals surface area contributed by atoms with E-state index in [0.717, 1.165) is 23.7 Å². The summed E-state index contributed by atoms with van der Waals surface area (Å²) in [6.45, 7) is 6.00. The van der Waals surface area contributed by atoms with Gasteiger partial charge in [0.15, 0.2) is 0 Å². The van der Waals surface area contributed by atoms with E-state index in [9.17, 15) is 0 Å². The molecule has 0 heteroatoms. The first-order valence-electron chi connectivity index (χ1n) is 10.2. The summed E-state index contributed by atoms with van der Waals surface area (Å²) in [5.74, 6) is 3.73. The largest absolute Gasteiger partial charge is 0.103 e. The predicted molar refractivity (Wildman–Crippen MR) is 104 cm³/mol. The monoisotopic (exact) mass is 314 g/mol. The molecule has 0 N–H and O–H groups in total. The van der Waals surface area contributed by atoms with Gasteiger partial charge in [-0.25, -0.2) is 0 Å². The molecule has 0 bridgehead atoms. The Morgan fingerprint density at radius 1 is 0.739 bits per heavy atom. The van der Waals surface area contributed by atoms with Crippen LogP contribution in [-0.2, 0) is 0 Å². The standard InChI is InChI=1S/C23H38/c1-3-5-9-21-16-18-23(19-17-21)11-7-6-10-22-14-12-20(8-4-2)13-15-22/h3-4,7-8,11,20-23H,1,5-6,9-10,12-19H2,2H3/b8-4+,11-7+/t20-,21-,22-,23-. The minimum atomic E-state index is 0.875. The molecule has 2 fully saturated rings. The van der Waals surface area contributed by atoms with Gasteiger partial charge in [0.25, 0.3) is 0 Å². The van der Waals surface area contributed by atoms with Gasteiger partial charge < -0.3 is 0 Å². The predicted octanol–water partition coefficient (Wildman–Crippen LogP) is 7.48. The van der Waals surface area contributed by atoms with Gasteiger partial charge in [-0.05, 0) is 108 Å². The highest BCUT2D eigenvalue weighted by Crippen LogP contribution is 2.34. The minimum Gasteiger partial charge on any atom is -0.103 e. The summed E-state index contributed by atoms with van der Waals surface area (Å²) in [6, 6.07) is 0. The molecule has 130 valence electrons. The average Bonchev–Trinajstić information content (AvgIpc) is 2.59. The van der Waals surface area contributed by atoms with E-state index in [1.807, 2.05) is 0 Å². The van der Waals surface area contributed by atoms with Crippen LogP contribution in [0.1, 0.15) is 84.0 Å². The van der Waals surface area contributed by atoms with Crippen LogP contribution in [0.5, 0.6) is 0 Å². The Morgan fingerprint density at radius 2 is 1.26 bits per heavy atom. The Morgan fingerprint density at radius 3 is 1.78 bits per heavy atom. The van der Waals surface area contributed by atoms with Crippen molar-refractivity contribution in [3.8, 4) is 0 Å². The quantitative estimate of drug-likeness (QED) is 0.407. The normalized spacial score (nSPS) is 32.6. The summed E-state index contributed by atoms with van der Waals surface area (Å²) in [5, 5.41) is 0. The molecule has 2 aliphatic rings. The topological polar surface area (TPSA) is 0 Å². The third kappa shape index (κ3) is 7.10. The zero-order valence-electron chi connectivity index (χ0n) is 15.4. The maximum Gasteiger partial charge on any atom is -0.0233 e. The number of hydrogen-bond donors (Lipinski definition) is 0. The van der Waals surface area contributed by atoms with Gasteiger partial charge in [-0.15, -0.1) is 6.58 Å². The maximum atomic E-state index is 3.85. The van der Waals surface area contributed by atoms with E-state index in [-0.39, 0.29) is 0 Å². The molecule has 0 spiro atoms. The van der Waals surface area contributed by atoms with E-state index in [4.69, 9.17) is 0 Å². The molecule has 0 unspecified atom stereocenters. The van der Waals surface area contributed by atoms with Gasteiger partial charge in [-0.1, -0.05) is 30.4 Å². The first-order valence-corrected chi connectivity index (χ1v) is 10.2. The lowest BCUT2D eigenvalue weighted by atomic mass is 9.79. The lowest BCUT2D eigenvalue weighted by Gasteiger charge is -2.27. The van der Waals surface area contributed by atoms with Gasteiger partial charge in [0, 0.05) is 0 Å². The van der Waals surface area contributed by atoms with Crippen LogP contribution in [0, 0.1) is 23.7 Å². The van der Waals surface area contributed by atoms with E-state index >= 15 is 0 Å². The Kier molecular flexibility index (Phi) is 8.79. The second kappa shape index (κ2) is 10.9. The van der Waals surface area contributed by atoms with Crippen molar-refractivity contribution in [2.75, 3.05) is 0 Å². The first-order chi connectivity index (χ1) is 11.3. The average molecular weight is 315 g/mol. The fraction of sp³-hybridized carbons (Fsp3) is 0.739. The van der Waals surface area contributed by atoms with Gasteiger partial charge in [-0.3, -0.25) is 0 Å². The molecule has 2 aliphatic carbocycles. The highest BCUT2D eigenvalue weighted by molar-refractivity contribution is 4.93. The van der Waals surface area contributed by atoms with Crippen molar-refractivity contribution in [3.63, 3.8) is 0 Å². The van der Waals surface area contributed by atoms with E-state index in [2.05, 4.69) is 43.9 Å². The van der Waals surface area contributed by atoms with Crippen LogP contribution in [0.3, 0.4) is 0 Å². The summed E-state index contributed by atoms with van der Waals surface area (Å²) in [6.07, 6.45) is 28.6. The molecule has 0 amide bonds. The molecule has 0 atom stereocenters. The van der Waals surface area contributed by atoms with Crippen molar-refractivity contribution in [2.24, 2.45) is 23.7 Å². The zero-order chi connectivity index (χ0) is 16.3. The number of hydrogen-bond acceptors (Lipinski definition) is 0. The molecule has 0 radical (unpaired) electrons. The van der Waals surface area contributed by atoms with Crippen molar-refractivity contribution in [3.05, 3.63) is 37.0 Å². The Balaban J connectivity index is 1.55. The molecular formula is C23H38. The minimum absolute atomic E-state index is 0.875. The van der Waals surface area contributed by atoms with E-state index < -0.39 is 0 Å². The van der Waals surface area contributed by atoms with Crippen molar-refractivity contribution >= 4 is 0 Å². The maximum absolute atomic E-state index is 3.85. The first kappa shape index (κ1) is 18.6. The molecule has 2 saturated carbocycles. The van der Waals surface area contributed by atoms with Gasteiger partial charge in [-0.2, -0.15) is 0 Å². The second-order valence-electron chi connectivity index (χ2n) is 7.96. The molecule has 0 heterocycles. The fourth-order valence-corrected chi connectivity index (χ4v) is 4.59. The summed E-state index contributed by atoms with van der Waals surface area (Å²) < 4.78 is 0. The van der Waals surface area contributed by atoms with Crippen LogP contribution in [0.4, 0.5) is 0 Å². The number of rotatable bonds is 8. The van der Waals surface area contributed by atoms with Crippen molar-refractivity contribution < 1.29 is 0 Å². The van der Waals surface area contributed by atoms with E-state index in [0.29, 0.717) is 0 Å². The van der Waals surface area contributed by atoms with Crippen LogP contribution >= 0.6 is 0 Å². The van der Waals surface area contributed by atoms with Gasteiger partial charge >= 0.3 is 0 Å². The smallest absolute Gasteiger partial charge is 0.0233 e. The Bertz CT molecular complexity index is 359. The van der Waals surface area contributed by atoms with Crippen molar-refractivity contribution in [2.45, 2.75) is 84.0 Å². The Hall–Kier alpha value is -0.780. The molecule has 23 heavy (non-hydrogen) atoms. The highest BCUT2D eigenvalue weighted by Gasteiger charge is 2.20. The van der Waals surface area contributed by atoms with Crippen LogP contribution in [0.2, 0.25) is 0 Å². The van der Waals surface area contributed by atoms with Gasteiger partial charge in [0.1, 0.15) is 0 Å². The molecule has 0 aromatic heterocycles. The summed E-state index contributed by atoms with van der Waals surface area (Å²) in [4.78, 5) is 0. The summed E-state index contributed by atoms with van der Waals surface area (Å²) >= 11 is 0. The third-order valence-corrected chi connectivity index (χ3v) is 6.18. The summed E-state index contributed by atoms with van der Waals surface area (Å²) in [5.41, 5.74) is 0. The molecular weight excluding hydrogens is 276 g/mol. The number of allylic oxidation sites excluding steroid dienone is 5. The van der Waals surface area contributed by atoms with E-state index in [1.165, 1.54) is 77.0 Å². The molecule has 0 nitrogen and oxygen atoms in total. The second-order valence-corrected chi connectivity index (χ2v) is 7.96. The van der Waals surface area contributed by atoms with Crippen molar-refractivity contribution in [1.29, 1.82) is 0 Å². The van der Waals surface area contributed by atoms with Crippen LogP contribution in [0.25, 0.3) is 0 Å². The van der Waals surface area contributed by atoms with Crippen LogP contribution < -0.4 is 0 Å². The molecule has 0 aromatic carbocycles. The zero-order valence-corrected chi connectivity index (χ0v) is 15.4. The lowest BCUT2D eigenvalue weighted by Crippen LogP contribution is -2.13.